The molecule has 0 aromatic heterocycles. The molecule has 0 fully saturated rings. The Morgan fingerprint density at radius 3 is 2.33 bits per heavy atom. The largest absolute Gasteiger partial charge is 0.480 e. The van der Waals surface area contributed by atoms with Crippen LogP contribution in [0.2, 0.25) is 0 Å². The van der Waals surface area contributed by atoms with Crippen LogP contribution in [0.3, 0.4) is 0 Å². The lowest BCUT2D eigenvalue weighted by Gasteiger charge is -2.24. The standard InChI is InChI=1S/C17H23FN2O4/c1-4-10(2)15(17(23)24)20-16(22)14(19-11(3)21)9-12-7-5-6-8-13(12)18/h5-8,10,14-15H,4,9H2,1-3H3,(H,19,21)(H,20,22)(H,23,24)/t10-,14+,15-/m1/s1. The minimum absolute atomic E-state index is 0.0646. The molecule has 0 spiro atoms. The topological polar surface area (TPSA) is 95.5 Å². The third-order valence-electron chi connectivity index (χ3n) is 3.85. The Hall–Kier alpha value is -2.44. The molecule has 7 heteroatoms. The van der Waals surface area contributed by atoms with Gasteiger partial charge in [-0.15, -0.1) is 0 Å². The number of carboxylic acids is 1. The molecular formula is C17H23FN2O4. The van der Waals surface area contributed by atoms with Crippen molar-refractivity contribution in [2.45, 2.75) is 45.7 Å². The van der Waals surface area contributed by atoms with Crippen LogP contribution in [-0.2, 0) is 20.8 Å². The van der Waals surface area contributed by atoms with Crippen molar-refractivity contribution in [1.82, 2.24) is 10.6 Å². The molecule has 1 aromatic rings. The van der Waals surface area contributed by atoms with Gasteiger partial charge in [0.25, 0.3) is 0 Å². The van der Waals surface area contributed by atoms with Crippen LogP contribution in [0.1, 0.15) is 32.8 Å². The van der Waals surface area contributed by atoms with Gasteiger partial charge in [0.2, 0.25) is 11.8 Å². The zero-order valence-electron chi connectivity index (χ0n) is 14.0. The van der Waals surface area contributed by atoms with Crippen molar-refractivity contribution >= 4 is 17.8 Å². The van der Waals surface area contributed by atoms with E-state index in [1.807, 2.05) is 6.92 Å². The first-order valence-electron chi connectivity index (χ1n) is 7.79. The number of aliphatic carboxylic acids is 1. The first-order chi connectivity index (χ1) is 11.3. The maximum atomic E-state index is 13.8. The van der Waals surface area contributed by atoms with Crippen molar-refractivity contribution in [2.24, 2.45) is 5.92 Å². The molecule has 24 heavy (non-hydrogen) atoms. The molecule has 3 N–H and O–H groups in total. The number of hydrogen-bond donors (Lipinski definition) is 3. The SMILES string of the molecule is CC[C@@H](C)[C@@H](NC(=O)[C@H](Cc1ccccc1F)NC(C)=O)C(=O)O. The Morgan fingerprint density at radius 2 is 1.83 bits per heavy atom. The van der Waals surface area contributed by atoms with Crippen LogP contribution in [0.4, 0.5) is 4.39 Å². The minimum atomic E-state index is -1.15. The lowest BCUT2D eigenvalue weighted by Crippen LogP contribution is -2.53. The Morgan fingerprint density at radius 1 is 1.21 bits per heavy atom. The van der Waals surface area contributed by atoms with Gasteiger partial charge >= 0.3 is 5.97 Å². The normalized spacial score (nSPS) is 14.3. The van der Waals surface area contributed by atoms with Gasteiger partial charge in [-0.05, 0) is 17.5 Å². The van der Waals surface area contributed by atoms with E-state index in [9.17, 15) is 23.9 Å². The molecule has 0 unspecified atom stereocenters. The highest BCUT2D eigenvalue weighted by Crippen LogP contribution is 2.12. The van der Waals surface area contributed by atoms with Crippen molar-refractivity contribution in [1.29, 1.82) is 0 Å². The summed E-state index contributed by atoms with van der Waals surface area (Å²) in [7, 11) is 0. The van der Waals surface area contributed by atoms with E-state index >= 15 is 0 Å². The van der Waals surface area contributed by atoms with Gasteiger partial charge in [0.05, 0.1) is 0 Å². The number of carbonyl (C=O) groups is 3. The summed E-state index contributed by atoms with van der Waals surface area (Å²) in [6, 6.07) is 3.80. The fourth-order valence-corrected chi connectivity index (χ4v) is 2.28. The molecule has 0 heterocycles. The summed E-state index contributed by atoms with van der Waals surface area (Å²) in [5.41, 5.74) is 0.266. The number of amides is 2. The Balaban J connectivity index is 2.94. The molecule has 0 bridgehead atoms. The molecule has 0 saturated carbocycles. The van der Waals surface area contributed by atoms with E-state index in [2.05, 4.69) is 10.6 Å². The number of carbonyl (C=O) groups excluding carboxylic acids is 2. The summed E-state index contributed by atoms with van der Waals surface area (Å²) >= 11 is 0. The Kier molecular flexibility index (Phi) is 7.35. The fraction of sp³-hybridized carbons (Fsp3) is 0.471. The van der Waals surface area contributed by atoms with Gasteiger partial charge in [-0.3, -0.25) is 9.59 Å². The van der Waals surface area contributed by atoms with Gasteiger partial charge < -0.3 is 15.7 Å². The predicted octanol–water partition coefficient (Wildman–Crippen LogP) is 1.49. The van der Waals surface area contributed by atoms with E-state index in [-0.39, 0.29) is 17.9 Å². The van der Waals surface area contributed by atoms with Crippen LogP contribution in [0.15, 0.2) is 24.3 Å². The number of rotatable bonds is 8. The van der Waals surface area contributed by atoms with E-state index in [4.69, 9.17) is 0 Å². The van der Waals surface area contributed by atoms with Gasteiger partial charge in [-0.2, -0.15) is 0 Å². The van der Waals surface area contributed by atoms with Crippen molar-refractivity contribution in [2.75, 3.05) is 0 Å². The number of halogens is 1. The van der Waals surface area contributed by atoms with Crippen LogP contribution in [-0.4, -0.2) is 35.0 Å². The molecule has 0 saturated heterocycles. The number of carboxylic acid groups (broad SMARTS) is 1. The number of nitrogens with one attached hydrogen (secondary N) is 2. The van der Waals surface area contributed by atoms with Crippen molar-refractivity contribution in [3.05, 3.63) is 35.6 Å². The molecule has 3 atom stereocenters. The van der Waals surface area contributed by atoms with Gasteiger partial charge in [-0.25, -0.2) is 9.18 Å². The molecule has 1 aromatic carbocycles. The van der Waals surface area contributed by atoms with E-state index in [1.54, 1.807) is 13.0 Å². The molecule has 0 radical (unpaired) electrons. The average molecular weight is 338 g/mol. The van der Waals surface area contributed by atoms with E-state index in [1.165, 1.54) is 25.1 Å². The van der Waals surface area contributed by atoms with Crippen LogP contribution in [0.25, 0.3) is 0 Å². The predicted molar refractivity (Wildman–Crippen MR) is 86.7 cm³/mol. The lowest BCUT2D eigenvalue weighted by atomic mass is 9.98. The molecule has 0 aliphatic heterocycles. The summed E-state index contributed by atoms with van der Waals surface area (Å²) in [5.74, 6) is -3.02. The minimum Gasteiger partial charge on any atom is -0.480 e. The van der Waals surface area contributed by atoms with Crippen LogP contribution < -0.4 is 10.6 Å². The summed E-state index contributed by atoms with van der Waals surface area (Å²) in [4.78, 5) is 35.1. The van der Waals surface area contributed by atoms with Crippen molar-refractivity contribution in [3.63, 3.8) is 0 Å². The van der Waals surface area contributed by atoms with Crippen LogP contribution in [0, 0.1) is 11.7 Å². The Bertz CT molecular complexity index is 606. The molecule has 132 valence electrons. The van der Waals surface area contributed by atoms with Crippen LogP contribution in [0.5, 0.6) is 0 Å². The zero-order chi connectivity index (χ0) is 18.3. The molecule has 1 rings (SSSR count). The second-order valence-corrected chi connectivity index (χ2v) is 5.76. The quantitative estimate of drug-likeness (QED) is 0.669. The maximum Gasteiger partial charge on any atom is 0.326 e. The third-order valence-corrected chi connectivity index (χ3v) is 3.85. The van der Waals surface area contributed by atoms with E-state index < -0.39 is 35.7 Å². The van der Waals surface area contributed by atoms with Gasteiger partial charge in [-0.1, -0.05) is 38.5 Å². The third kappa shape index (κ3) is 5.64. The molecule has 0 aliphatic carbocycles. The smallest absolute Gasteiger partial charge is 0.326 e. The molecule has 2 amide bonds. The summed E-state index contributed by atoms with van der Waals surface area (Å²) in [5, 5.41) is 14.1. The summed E-state index contributed by atoms with van der Waals surface area (Å²) in [6.07, 6.45) is 0.500. The van der Waals surface area contributed by atoms with Crippen molar-refractivity contribution < 1.29 is 23.9 Å². The summed E-state index contributed by atoms with van der Waals surface area (Å²) < 4.78 is 13.8. The molecular weight excluding hydrogens is 315 g/mol. The van der Waals surface area contributed by atoms with Crippen LogP contribution >= 0.6 is 0 Å². The van der Waals surface area contributed by atoms with Gasteiger partial charge in [0.15, 0.2) is 0 Å². The number of benzene rings is 1. The average Bonchev–Trinajstić information content (AvgIpc) is 2.52. The zero-order valence-corrected chi connectivity index (χ0v) is 14.0. The second-order valence-electron chi connectivity index (χ2n) is 5.76. The summed E-state index contributed by atoms with van der Waals surface area (Å²) in [6.45, 7) is 4.77. The van der Waals surface area contributed by atoms with E-state index in [0.29, 0.717) is 6.42 Å². The highest BCUT2D eigenvalue weighted by Gasteiger charge is 2.29. The lowest BCUT2D eigenvalue weighted by molar-refractivity contribution is -0.143. The maximum absolute atomic E-state index is 13.8. The van der Waals surface area contributed by atoms with Gasteiger partial charge in [0.1, 0.15) is 17.9 Å². The Labute approximate surface area is 140 Å². The number of hydrogen-bond acceptors (Lipinski definition) is 3. The second kappa shape index (κ2) is 9.00. The van der Waals surface area contributed by atoms with Crippen molar-refractivity contribution in [3.8, 4) is 0 Å². The van der Waals surface area contributed by atoms with E-state index in [0.717, 1.165) is 0 Å². The first kappa shape index (κ1) is 19.6. The molecule has 0 aliphatic rings. The van der Waals surface area contributed by atoms with Gasteiger partial charge in [0, 0.05) is 13.3 Å². The first-order valence-corrected chi connectivity index (χ1v) is 7.79. The molecule has 6 nitrogen and oxygen atoms in total. The highest BCUT2D eigenvalue weighted by atomic mass is 19.1. The fourth-order valence-electron chi connectivity index (χ4n) is 2.28. The highest BCUT2D eigenvalue weighted by molar-refractivity contribution is 5.90. The monoisotopic (exact) mass is 338 g/mol.